The minimum absolute atomic E-state index is 0.0683. The second kappa shape index (κ2) is 4.31. The highest BCUT2D eigenvalue weighted by molar-refractivity contribution is 9.10. The summed E-state index contributed by atoms with van der Waals surface area (Å²) in [6, 6.07) is 2.19. The Morgan fingerprint density at radius 1 is 1.57 bits per heavy atom. The Bertz CT molecular complexity index is 266. The zero-order chi connectivity index (χ0) is 10.8. The maximum atomic E-state index is 11.6. The van der Waals surface area contributed by atoms with Gasteiger partial charge >= 0.3 is 0 Å². The van der Waals surface area contributed by atoms with E-state index in [-0.39, 0.29) is 16.7 Å². The van der Waals surface area contributed by atoms with E-state index in [1.807, 2.05) is 13.8 Å². The van der Waals surface area contributed by atoms with Crippen LogP contribution in [0.2, 0.25) is 0 Å². The molecule has 1 N–H and O–H groups in total. The lowest BCUT2D eigenvalue weighted by Gasteiger charge is -2.36. The minimum atomic E-state index is -0.571. The number of nitrogens with one attached hydrogen (secondary N) is 1. The third-order valence-corrected chi connectivity index (χ3v) is 4.09. The molecule has 0 spiro atoms. The fraction of sp³-hybridized carbons (Fsp3) is 0.800. The third-order valence-electron chi connectivity index (χ3n) is 2.62. The van der Waals surface area contributed by atoms with Crippen LogP contribution in [0.3, 0.4) is 0 Å². The Morgan fingerprint density at radius 3 is 2.43 bits per heavy atom. The van der Waals surface area contributed by atoms with E-state index in [0.29, 0.717) is 0 Å². The number of nitriles is 1. The van der Waals surface area contributed by atoms with Gasteiger partial charge in [-0.2, -0.15) is 5.26 Å². The van der Waals surface area contributed by atoms with Crippen molar-refractivity contribution in [2.45, 2.75) is 43.5 Å². The Morgan fingerprint density at radius 2 is 2.14 bits per heavy atom. The van der Waals surface area contributed by atoms with Gasteiger partial charge in [-0.25, -0.2) is 0 Å². The minimum Gasteiger partial charge on any atom is -0.337 e. The van der Waals surface area contributed by atoms with Crippen molar-refractivity contribution in [3.8, 4) is 6.07 Å². The van der Waals surface area contributed by atoms with Gasteiger partial charge in [0.15, 0.2) is 0 Å². The van der Waals surface area contributed by atoms with E-state index in [1.54, 1.807) is 0 Å². The van der Waals surface area contributed by atoms with Gasteiger partial charge in [0, 0.05) is 0 Å². The molecular formula is C10H15BrN2O. The summed E-state index contributed by atoms with van der Waals surface area (Å²) in [4.78, 5) is 11.4. The number of alkyl halides is 1. The molecule has 1 unspecified atom stereocenters. The summed E-state index contributed by atoms with van der Waals surface area (Å²) in [5.41, 5.74) is -0.571. The second-order valence-electron chi connectivity index (χ2n) is 4.18. The van der Waals surface area contributed by atoms with Gasteiger partial charge in [-0.3, -0.25) is 4.79 Å². The predicted octanol–water partition coefficient (Wildman–Crippen LogP) is 1.97. The lowest BCUT2D eigenvalue weighted by Crippen LogP contribution is -2.54. The van der Waals surface area contributed by atoms with Crippen LogP contribution in [0.1, 0.15) is 33.1 Å². The van der Waals surface area contributed by atoms with Crippen LogP contribution >= 0.6 is 15.9 Å². The van der Waals surface area contributed by atoms with Gasteiger partial charge in [-0.15, -0.1) is 0 Å². The molecule has 1 rings (SSSR count). The Kier molecular flexibility index (Phi) is 3.54. The van der Waals surface area contributed by atoms with E-state index in [2.05, 4.69) is 27.3 Å². The number of carbonyl (C=O) groups is 1. The van der Waals surface area contributed by atoms with E-state index in [9.17, 15) is 4.79 Å². The first-order valence-electron chi connectivity index (χ1n) is 4.88. The van der Waals surface area contributed by atoms with E-state index in [4.69, 9.17) is 5.26 Å². The third kappa shape index (κ3) is 2.27. The zero-order valence-corrected chi connectivity index (χ0v) is 10.1. The first-order chi connectivity index (χ1) is 6.51. The number of rotatable bonds is 3. The lowest BCUT2D eigenvalue weighted by molar-refractivity contribution is -0.123. The molecule has 14 heavy (non-hydrogen) atoms. The average Bonchev–Trinajstić information content (AvgIpc) is 2.09. The summed E-state index contributed by atoms with van der Waals surface area (Å²) >= 11 is 3.32. The molecule has 0 bridgehead atoms. The molecule has 1 aliphatic rings. The van der Waals surface area contributed by atoms with Crippen LogP contribution in [0.25, 0.3) is 0 Å². The molecule has 78 valence electrons. The standard InChI is InChI=1S/C10H15BrN2O/c1-7(2)8(11)9(14)13-10(6-12)4-3-5-10/h7-8H,3-5H2,1-2H3,(H,13,14). The van der Waals surface area contributed by atoms with Crippen LogP contribution in [0, 0.1) is 17.2 Å². The largest absolute Gasteiger partial charge is 0.337 e. The first-order valence-corrected chi connectivity index (χ1v) is 5.80. The smallest absolute Gasteiger partial charge is 0.235 e. The summed E-state index contributed by atoms with van der Waals surface area (Å²) in [6.45, 7) is 3.94. The molecule has 0 aromatic heterocycles. The van der Waals surface area contributed by atoms with Crippen molar-refractivity contribution in [3.05, 3.63) is 0 Å². The van der Waals surface area contributed by atoms with Gasteiger partial charge in [0.1, 0.15) is 5.54 Å². The maximum Gasteiger partial charge on any atom is 0.235 e. The number of amides is 1. The summed E-state index contributed by atoms with van der Waals surface area (Å²) in [5.74, 6) is 0.173. The number of hydrogen-bond donors (Lipinski definition) is 1. The monoisotopic (exact) mass is 258 g/mol. The lowest BCUT2D eigenvalue weighted by atomic mass is 9.78. The molecule has 0 aliphatic heterocycles. The fourth-order valence-electron chi connectivity index (χ4n) is 1.40. The molecule has 0 aromatic rings. The molecule has 0 heterocycles. The van der Waals surface area contributed by atoms with E-state index in [0.717, 1.165) is 19.3 Å². The van der Waals surface area contributed by atoms with Gasteiger partial charge in [-0.05, 0) is 25.2 Å². The van der Waals surface area contributed by atoms with Gasteiger partial charge in [0.25, 0.3) is 0 Å². The van der Waals surface area contributed by atoms with Crippen LogP contribution in [-0.2, 0) is 4.79 Å². The topological polar surface area (TPSA) is 52.9 Å². The molecule has 1 fully saturated rings. The molecule has 0 radical (unpaired) electrons. The second-order valence-corrected chi connectivity index (χ2v) is 5.17. The molecule has 0 aromatic carbocycles. The summed E-state index contributed by atoms with van der Waals surface area (Å²) in [6.07, 6.45) is 2.60. The van der Waals surface area contributed by atoms with Crippen LogP contribution in [0.15, 0.2) is 0 Å². The number of carbonyl (C=O) groups excluding carboxylic acids is 1. The molecular weight excluding hydrogens is 244 g/mol. The summed E-state index contributed by atoms with van der Waals surface area (Å²) in [5, 5.41) is 11.7. The number of halogens is 1. The van der Waals surface area contributed by atoms with Crippen molar-refractivity contribution in [3.63, 3.8) is 0 Å². The Labute approximate surface area is 93.0 Å². The van der Waals surface area contributed by atoms with Crippen LogP contribution < -0.4 is 5.32 Å². The van der Waals surface area contributed by atoms with Crippen LogP contribution in [0.5, 0.6) is 0 Å². The van der Waals surface area contributed by atoms with Gasteiger partial charge in [0.05, 0.1) is 10.9 Å². The number of hydrogen-bond acceptors (Lipinski definition) is 2. The molecule has 3 nitrogen and oxygen atoms in total. The van der Waals surface area contributed by atoms with Crippen molar-refractivity contribution in [2.24, 2.45) is 5.92 Å². The molecule has 0 saturated heterocycles. The predicted molar refractivity (Wildman–Crippen MR) is 57.9 cm³/mol. The zero-order valence-electron chi connectivity index (χ0n) is 8.51. The number of nitrogens with zero attached hydrogens (tertiary/aromatic N) is 1. The van der Waals surface area contributed by atoms with Crippen molar-refractivity contribution in [2.75, 3.05) is 0 Å². The van der Waals surface area contributed by atoms with Crippen molar-refractivity contribution in [1.82, 2.24) is 5.32 Å². The SMILES string of the molecule is CC(C)C(Br)C(=O)NC1(C#N)CCC1. The highest BCUT2D eigenvalue weighted by Crippen LogP contribution is 2.31. The van der Waals surface area contributed by atoms with E-state index >= 15 is 0 Å². The van der Waals surface area contributed by atoms with Crippen LogP contribution in [0.4, 0.5) is 0 Å². The van der Waals surface area contributed by atoms with Crippen molar-refractivity contribution < 1.29 is 4.79 Å². The summed E-state index contributed by atoms with van der Waals surface area (Å²) in [7, 11) is 0. The maximum absolute atomic E-state index is 11.6. The average molecular weight is 259 g/mol. The Hall–Kier alpha value is -0.560. The van der Waals surface area contributed by atoms with Crippen LogP contribution in [-0.4, -0.2) is 16.3 Å². The Balaban J connectivity index is 2.52. The molecule has 1 aliphatic carbocycles. The molecule has 1 amide bonds. The van der Waals surface area contributed by atoms with E-state index in [1.165, 1.54) is 0 Å². The highest BCUT2D eigenvalue weighted by atomic mass is 79.9. The fourth-order valence-corrected chi connectivity index (χ4v) is 1.52. The normalized spacial score (nSPS) is 20.8. The van der Waals surface area contributed by atoms with Gasteiger partial charge in [0.2, 0.25) is 5.91 Å². The van der Waals surface area contributed by atoms with E-state index < -0.39 is 5.54 Å². The molecule has 4 heteroatoms. The first kappa shape index (κ1) is 11.5. The van der Waals surface area contributed by atoms with Crippen molar-refractivity contribution >= 4 is 21.8 Å². The molecule has 1 atom stereocenters. The highest BCUT2D eigenvalue weighted by Gasteiger charge is 2.39. The quantitative estimate of drug-likeness (QED) is 0.788. The molecule has 1 saturated carbocycles. The summed E-state index contributed by atoms with van der Waals surface area (Å²) < 4.78 is 0. The van der Waals surface area contributed by atoms with Crippen molar-refractivity contribution in [1.29, 1.82) is 5.26 Å². The van der Waals surface area contributed by atoms with Gasteiger partial charge < -0.3 is 5.32 Å². The van der Waals surface area contributed by atoms with Gasteiger partial charge in [-0.1, -0.05) is 29.8 Å².